The lowest BCUT2D eigenvalue weighted by Gasteiger charge is -2.14. The molecule has 8 heteroatoms. The lowest BCUT2D eigenvalue weighted by atomic mass is 10.2. The molecule has 1 amide bonds. The van der Waals surface area contributed by atoms with Gasteiger partial charge in [-0.25, -0.2) is 9.78 Å². The Balaban J connectivity index is 1.96. The minimum absolute atomic E-state index is 0.00875. The van der Waals surface area contributed by atoms with Gasteiger partial charge in [-0.1, -0.05) is 17.7 Å². The molecule has 29 heavy (non-hydrogen) atoms. The normalized spacial score (nSPS) is 11.9. The molecule has 1 aromatic carbocycles. The zero-order valence-electron chi connectivity index (χ0n) is 16.6. The number of amides is 1. The third-order valence-corrected chi connectivity index (χ3v) is 3.94. The molecule has 0 aliphatic carbocycles. The largest absolute Gasteiger partial charge is 0.493 e. The molecule has 2 aromatic rings. The first-order chi connectivity index (χ1) is 13.8. The molecule has 0 aliphatic rings. The summed E-state index contributed by atoms with van der Waals surface area (Å²) in [6, 6.07) is 8.51. The number of carbonyl (C=O) groups excluding carboxylic acids is 2. The smallest absolute Gasteiger partial charge is 0.331 e. The molecule has 0 aliphatic heterocycles. The fraction of sp³-hybridized carbons (Fsp3) is 0.286. The van der Waals surface area contributed by atoms with Crippen LogP contribution in [0.2, 0.25) is 5.15 Å². The summed E-state index contributed by atoms with van der Waals surface area (Å²) < 4.78 is 16.1. The summed E-state index contributed by atoms with van der Waals surface area (Å²) in [4.78, 5) is 28.1. The monoisotopic (exact) mass is 418 g/mol. The Labute approximate surface area is 174 Å². The molecule has 1 atom stereocenters. The number of anilines is 1. The summed E-state index contributed by atoms with van der Waals surface area (Å²) in [5.41, 5.74) is 1.06. The van der Waals surface area contributed by atoms with Crippen molar-refractivity contribution >= 4 is 35.2 Å². The van der Waals surface area contributed by atoms with Crippen molar-refractivity contribution < 1.29 is 23.8 Å². The molecular formula is C21H23ClN2O5. The van der Waals surface area contributed by atoms with E-state index in [1.807, 2.05) is 13.8 Å². The van der Waals surface area contributed by atoms with E-state index in [0.29, 0.717) is 22.7 Å². The van der Waals surface area contributed by atoms with Gasteiger partial charge >= 0.3 is 5.97 Å². The van der Waals surface area contributed by atoms with Crippen LogP contribution < -0.4 is 14.8 Å². The number of aromatic nitrogens is 1. The van der Waals surface area contributed by atoms with Crippen LogP contribution in [0, 0.1) is 0 Å². The third kappa shape index (κ3) is 6.80. The van der Waals surface area contributed by atoms with Crippen molar-refractivity contribution in [1.82, 2.24) is 4.98 Å². The van der Waals surface area contributed by atoms with E-state index in [1.54, 1.807) is 43.5 Å². The van der Waals surface area contributed by atoms with Crippen LogP contribution in [-0.4, -0.2) is 36.2 Å². The highest BCUT2D eigenvalue weighted by Crippen LogP contribution is 2.29. The number of methoxy groups -OCH3 is 1. The Morgan fingerprint density at radius 3 is 2.59 bits per heavy atom. The van der Waals surface area contributed by atoms with E-state index >= 15 is 0 Å². The molecule has 0 spiro atoms. The predicted molar refractivity (Wildman–Crippen MR) is 111 cm³/mol. The van der Waals surface area contributed by atoms with Crippen LogP contribution in [0.1, 0.15) is 26.3 Å². The number of esters is 1. The number of nitrogens with zero attached hydrogens (tertiary/aromatic N) is 1. The van der Waals surface area contributed by atoms with Gasteiger partial charge < -0.3 is 19.5 Å². The van der Waals surface area contributed by atoms with Gasteiger partial charge in [0.2, 0.25) is 0 Å². The van der Waals surface area contributed by atoms with Gasteiger partial charge in [-0.15, -0.1) is 0 Å². The molecule has 154 valence electrons. The van der Waals surface area contributed by atoms with Crippen molar-refractivity contribution in [3.8, 4) is 11.5 Å². The fourth-order valence-electron chi connectivity index (χ4n) is 2.28. The molecule has 0 bridgehead atoms. The van der Waals surface area contributed by atoms with Crippen LogP contribution in [0.3, 0.4) is 0 Å². The SMILES string of the molecule is COc1cc(/C=C/C(=O)O[C@H](C)C(=O)Nc2cccnc2Cl)ccc1OC(C)C. The van der Waals surface area contributed by atoms with E-state index in [-0.39, 0.29) is 11.3 Å². The number of benzene rings is 1. The van der Waals surface area contributed by atoms with Crippen LogP contribution in [0.4, 0.5) is 5.69 Å². The number of halogens is 1. The third-order valence-electron chi connectivity index (χ3n) is 3.64. The Bertz CT molecular complexity index is 898. The second-order valence-electron chi connectivity index (χ2n) is 6.32. The average Bonchev–Trinajstić information content (AvgIpc) is 2.68. The molecule has 1 N–H and O–H groups in total. The Kier molecular flexibility index (Phi) is 8.03. The number of rotatable bonds is 8. The Morgan fingerprint density at radius 1 is 1.17 bits per heavy atom. The molecule has 7 nitrogen and oxygen atoms in total. The summed E-state index contributed by atoms with van der Waals surface area (Å²) >= 11 is 5.90. The van der Waals surface area contributed by atoms with Crippen molar-refractivity contribution in [3.63, 3.8) is 0 Å². The molecule has 2 rings (SSSR count). The Morgan fingerprint density at radius 2 is 1.93 bits per heavy atom. The van der Waals surface area contributed by atoms with Gasteiger partial charge in [0.1, 0.15) is 0 Å². The van der Waals surface area contributed by atoms with Gasteiger partial charge in [0.15, 0.2) is 22.8 Å². The number of hydrogen-bond acceptors (Lipinski definition) is 6. The number of hydrogen-bond donors (Lipinski definition) is 1. The quantitative estimate of drug-likeness (QED) is 0.394. The highest BCUT2D eigenvalue weighted by molar-refractivity contribution is 6.32. The predicted octanol–water partition coefficient (Wildman–Crippen LogP) is 4.11. The maximum Gasteiger partial charge on any atom is 0.331 e. The molecule has 0 saturated heterocycles. The highest BCUT2D eigenvalue weighted by Gasteiger charge is 2.18. The Hall–Kier alpha value is -3.06. The first-order valence-electron chi connectivity index (χ1n) is 8.95. The van der Waals surface area contributed by atoms with Gasteiger partial charge in [-0.2, -0.15) is 0 Å². The van der Waals surface area contributed by atoms with Crippen LogP contribution in [0.15, 0.2) is 42.6 Å². The highest BCUT2D eigenvalue weighted by atomic mass is 35.5. The second-order valence-corrected chi connectivity index (χ2v) is 6.68. The number of pyridine rings is 1. The van der Waals surface area contributed by atoms with Crippen molar-refractivity contribution in [2.75, 3.05) is 12.4 Å². The van der Waals surface area contributed by atoms with Gasteiger partial charge in [0.05, 0.1) is 18.9 Å². The zero-order chi connectivity index (χ0) is 21.4. The standard InChI is InChI=1S/C21H23ClN2O5/c1-13(2)28-17-9-7-15(12-18(17)27-4)8-10-19(25)29-14(3)21(26)24-16-6-5-11-23-20(16)22/h5-14H,1-4H3,(H,24,26)/b10-8+/t14-/m1/s1. The molecule has 0 saturated carbocycles. The fourth-order valence-corrected chi connectivity index (χ4v) is 2.45. The van der Waals surface area contributed by atoms with E-state index in [0.717, 1.165) is 0 Å². The molecule has 0 radical (unpaired) electrons. The van der Waals surface area contributed by atoms with Gasteiger partial charge in [0.25, 0.3) is 5.91 Å². The van der Waals surface area contributed by atoms with E-state index in [9.17, 15) is 9.59 Å². The number of nitrogens with one attached hydrogen (secondary N) is 1. The van der Waals surface area contributed by atoms with Crippen LogP contribution in [-0.2, 0) is 14.3 Å². The topological polar surface area (TPSA) is 86.8 Å². The molecular weight excluding hydrogens is 396 g/mol. The summed E-state index contributed by atoms with van der Waals surface area (Å²) in [7, 11) is 1.54. The first kappa shape index (κ1) is 22.2. The summed E-state index contributed by atoms with van der Waals surface area (Å²) in [6.07, 6.45) is 3.29. The van der Waals surface area contributed by atoms with Crippen LogP contribution in [0.25, 0.3) is 6.08 Å². The molecule has 1 aromatic heterocycles. The van der Waals surface area contributed by atoms with Crippen LogP contribution in [0.5, 0.6) is 11.5 Å². The van der Waals surface area contributed by atoms with E-state index < -0.39 is 18.0 Å². The lowest BCUT2D eigenvalue weighted by molar-refractivity contribution is -0.148. The molecule has 0 fully saturated rings. The first-order valence-corrected chi connectivity index (χ1v) is 9.32. The van der Waals surface area contributed by atoms with Crippen molar-refractivity contribution in [3.05, 3.63) is 53.3 Å². The average molecular weight is 419 g/mol. The van der Waals surface area contributed by atoms with Crippen molar-refractivity contribution in [1.29, 1.82) is 0 Å². The van der Waals surface area contributed by atoms with Gasteiger partial charge in [-0.3, -0.25) is 4.79 Å². The zero-order valence-corrected chi connectivity index (χ0v) is 17.4. The lowest BCUT2D eigenvalue weighted by Crippen LogP contribution is -2.29. The van der Waals surface area contributed by atoms with E-state index in [2.05, 4.69) is 10.3 Å². The summed E-state index contributed by atoms with van der Waals surface area (Å²) in [6.45, 7) is 5.30. The maximum atomic E-state index is 12.2. The van der Waals surface area contributed by atoms with Crippen molar-refractivity contribution in [2.24, 2.45) is 0 Å². The number of ether oxygens (including phenoxy) is 3. The summed E-state index contributed by atoms with van der Waals surface area (Å²) in [5, 5.41) is 2.71. The minimum Gasteiger partial charge on any atom is -0.493 e. The van der Waals surface area contributed by atoms with Crippen molar-refractivity contribution in [2.45, 2.75) is 33.0 Å². The van der Waals surface area contributed by atoms with E-state index in [1.165, 1.54) is 19.2 Å². The maximum absolute atomic E-state index is 12.2. The molecule has 1 heterocycles. The summed E-state index contributed by atoms with van der Waals surface area (Å²) in [5.74, 6) is -0.0122. The van der Waals surface area contributed by atoms with Crippen LogP contribution >= 0.6 is 11.6 Å². The number of carbonyl (C=O) groups is 2. The second kappa shape index (κ2) is 10.5. The van der Waals surface area contributed by atoms with E-state index in [4.69, 9.17) is 25.8 Å². The molecule has 0 unspecified atom stereocenters. The van der Waals surface area contributed by atoms with Gasteiger partial charge in [0, 0.05) is 12.3 Å². The van der Waals surface area contributed by atoms with Gasteiger partial charge in [-0.05, 0) is 56.7 Å². The minimum atomic E-state index is -1.01.